The zero-order valence-corrected chi connectivity index (χ0v) is 26.5. The molecule has 8 N–H and O–H groups in total. The maximum Gasteiger partial charge on any atom is 0.402 e. The lowest BCUT2D eigenvalue weighted by molar-refractivity contribution is 0.216. The molecule has 0 unspecified atom stereocenters. The van der Waals surface area contributed by atoms with Gasteiger partial charge in [0.25, 0.3) is 0 Å². The summed E-state index contributed by atoms with van der Waals surface area (Å²) in [5, 5.41) is 50.9. The third-order valence-electron chi connectivity index (χ3n) is 5.32. The molecule has 0 atom stereocenters. The summed E-state index contributed by atoms with van der Waals surface area (Å²) in [7, 11) is -4.01. The Morgan fingerprint density at radius 2 is 1.24 bits per heavy atom. The van der Waals surface area contributed by atoms with Gasteiger partial charge in [-0.05, 0) is 88.9 Å². The second-order valence-electron chi connectivity index (χ2n) is 8.39. The summed E-state index contributed by atoms with van der Waals surface area (Å²) >= 11 is 6.12. The molecule has 0 radical (unpaired) electrons. The first-order chi connectivity index (χ1) is 21.6. The summed E-state index contributed by atoms with van der Waals surface area (Å²) in [6.45, 7) is -0.425. The normalized spacial score (nSPS) is 13.4. The fourth-order valence-electron chi connectivity index (χ4n) is 3.33. The highest BCUT2D eigenvalue weighted by molar-refractivity contribution is 9.10. The minimum atomic E-state index is -4.01. The summed E-state index contributed by atoms with van der Waals surface area (Å²) in [5.74, 6) is -1.22. The molecule has 45 heavy (non-hydrogen) atoms. The fourth-order valence-corrected chi connectivity index (χ4v) is 4.85. The van der Waals surface area contributed by atoms with Gasteiger partial charge in [-0.2, -0.15) is 0 Å². The lowest BCUT2D eigenvalue weighted by Crippen LogP contribution is -2.19. The summed E-state index contributed by atoms with van der Waals surface area (Å²) in [4.78, 5) is 0. The van der Waals surface area contributed by atoms with Gasteiger partial charge in [0.1, 0.15) is 11.6 Å². The second kappa shape index (κ2) is 15.7. The van der Waals surface area contributed by atoms with Crippen molar-refractivity contribution in [3.05, 3.63) is 68.4 Å². The fraction of sp³-hybridized carbons (Fsp3) is 0.182. The zero-order valence-electron chi connectivity index (χ0n) is 22.4. The van der Waals surface area contributed by atoms with Crippen LogP contribution in [-0.4, -0.2) is 69.0 Å². The first-order valence-corrected chi connectivity index (χ1v) is 15.5. The number of benzene rings is 2. The molecule has 0 saturated carbocycles. The van der Waals surface area contributed by atoms with Crippen molar-refractivity contribution < 1.29 is 42.1 Å². The van der Waals surface area contributed by atoms with Crippen LogP contribution in [-0.2, 0) is 13.6 Å². The van der Waals surface area contributed by atoms with E-state index in [1.54, 1.807) is 0 Å². The van der Waals surface area contributed by atoms with Crippen LogP contribution in [0, 0.1) is 11.6 Å². The van der Waals surface area contributed by atoms with E-state index in [0.29, 0.717) is 11.4 Å². The van der Waals surface area contributed by atoms with Crippen molar-refractivity contribution in [2.45, 2.75) is 0 Å². The molecule has 4 rings (SSSR count). The van der Waals surface area contributed by atoms with E-state index in [-0.39, 0.29) is 69.9 Å². The van der Waals surface area contributed by atoms with Crippen LogP contribution in [0.1, 0.15) is 11.4 Å². The molecule has 4 aromatic rings. The Balaban J connectivity index is 1.21. The van der Waals surface area contributed by atoms with E-state index in [1.807, 2.05) is 0 Å². The highest BCUT2D eigenvalue weighted by Crippen LogP contribution is 2.38. The molecular weight excluding hydrogens is 759 g/mol. The summed E-state index contributed by atoms with van der Waals surface area (Å²) in [5.41, 5.74) is 6.33. The van der Waals surface area contributed by atoms with E-state index in [2.05, 4.69) is 84.1 Å². The summed E-state index contributed by atoms with van der Waals surface area (Å²) in [6, 6.07) is 8.03. The minimum absolute atomic E-state index is 0.000312. The Labute approximate surface area is 268 Å². The number of nitrogens with zero attached hydrogens (tertiary/aromatic N) is 6. The highest BCUT2D eigenvalue weighted by Gasteiger charge is 2.22. The quantitative estimate of drug-likeness (QED) is 0.0234. The van der Waals surface area contributed by atoms with Gasteiger partial charge in [-0.25, -0.2) is 28.1 Å². The number of nitrogens with two attached hydrogens (primary N) is 1. The van der Waals surface area contributed by atoms with Crippen LogP contribution in [0.3, 0.4) is 0 Å². The molecule has 0 bridgehead atoms. The van der Waals surface area contributed by atoms with Crippen molar-refractivity contribution in [3.63, 3.8) is 0 Å². The number of halogens is 4. The van der Waals surface area contributed by atoms with Gasteiger partial charge < -0.3 is 31.7 Å². The molecule has 18 nitrogen and oxygen atoms in total. The van der Waals surface area contributed by atoms with Crippen molar-refractivity contribution in [3.8, 4) is 0 Å². The van der Waals surface area contributed by atoms with Crippen molar-refractivity contribution in [2.24, 2.45) is 15.8 Å². The smallest absolute Gasteiger partial charge is 0.402 e. The molecule has 240 valence electrons. The van der Waals surface area contributed by atoms with E-state index >= 15 is 0 Å². The molecule has 0 saturated heterocycles. The molecule has 0 spiro atoms. The van der Waals surface area contributed by atoms with Gasteiger partial charge in [-0.1, -0.05) is 10.3 Å². The molecule has 2 heterocycles. The van der Waals surface area contributed by atoms with Gasteiger partial charge in [0, 0.05) is 24.5 Å². The highest BCUT2D eigenvalue weighted by atomic mass is 79.9. The van der Waals surface area contributed by atoms with Gasteiger partial charge in [0.2, 0.25) is 23.3 Å². The second-order valence-corrected chi connectivity index (χ2v) is 11.7. The topological polar surface area (TPSA) is 253 Å². The van der Waals surface area contributed by atoms with Gasteiger partial charge in [0.15, 0.2) is 11.4 Å². The van der Waals surface area contributed by atoms with Crippen LogP contribution in [0.4, 0.5) is 31.8 Å². The largest absolute Gasteiger partial charge is 0.409 e. The standard InChI is InChI=1S/C22H22Br2F2N11O7P/c23-13-9-11(1-3-15(13)25)30-21(32-38)17-19(36-43-34-17)28-5-7-41-45(27,40)42-8-6-29-20-18(35-44-37-20)22(33-39)31-12-2-4-16(26)14(24)10-12/h1-4,9-10,38-39H,5-8H2,(H2,27,40)(H,28,36)(H,29,37)(H,30,32)(H,31,33). The van der Waals surface area contributed by atoms with Gasteiger partial charge in [-0.3, -0.25) is 9.05 Å². The number of oxime groups is 2. The van der Waals surface area contributed by atoms with E-state index in [4.69, 9.17) is 23.8 Å². The number of anilines is 4. The zero-order chi connectivity index (χ0) is 32.4. The average Bonchev–Trinajstić information content (AvgIpc) is 3.68. The number of amidine groups is 2. The Morgan fingerprint density at radius 1 is 0.822 bits per heavy atom. The molecule has 0 aliphatic heterocycles. The minimum Gasteiger partial charge on any atom is -0.409 e. The number of nitrogens with one attached hydrogen (secondary N) is 4. The number of hydrogen-bond acceptors (Lipinski definition) is 15. The Morgan fingerprint density at radius 3 is 1.62 bits per heavy atom. The maximum atomic E-state index is 13.5. The van der Waals surface area contributed by atoms with Gasteiger partial charge in [-0.15, -0.1) is 0 Å². The van der Waals surface area contributed by atoms with E-state index < -0.39 is 19.4 Å². The number of aromatic nitrogens is 4. The van der Waals surface area contributed by atoms with Crippen LogP contribution in [0.15, 0.2) is 64.9 Å². The number of rotatable bonds is 14. The predicted octanol–water partition coefficient (Wildman–Crippen LogP) is 4.38. The maximum absolute atomic E-state index is 13.5. The number of hydrogen-bond donors (Lipinski definition) is 7. The Hall–Kier alpha value is -4.21. The first kappa shape index (κ1) is 33.7. The van der Waals surface area contributed by atoms with Crippen LogP contribution in [0.2, 0.25) is 0 Å². The van der Waals surface area contributed by atoms with Crippen LogP contribution < -0.4 is 26.8 Å². The lowest BCUT2D eigenvalue weighted by atomic mass is 10.3. The SMILES string of the molecule is NP(=O)(OCCNc1nonc1C(=NO)Nc1ccc(F)c(Br)c1)OCCNc1nonc1C(=NO)Nc1ccc(F)c(Br)c1. The molecule has 0 fully saturated rings. The Bertz CT molecular complexity index is 1610. The average molecular weight is 781 g/mol. The molecule has 0 amide bonds. The third kappa shape index (κ3) is 9.39. The lowest BCUT2D eigenvalue weighted by Gasteiger charge is -2.14. The molecule has 0 aliphatic carbocycles. The Kier molecular flexibility index (Phi) is 11.7. The predicted molar refractivity (Wildman–Crippen MR) is 161 cm³/mol. The van der Waals surface area contributed by atoms with E-state index in [1.165, 1.54) is 36.4 Å². The molecular formula is C22H22Br2F2N11O7P. The third-order valence-corrected chi connectivity index (χ3v) is 7.62. The van der Waals surface area contributed by atoms with Crippen molar-refractivity contribution in [2.75, 3.05) is 47.6 Å². The van der Waals surface area contributed by atoms with Crippen molar-refractivity contribution in [1.82, 2.24) is 20.6 Å². The molecule has 2 aromatic heterocycles. The van der Waals surface area contributed by atoms with Crippen LogP contribution in [0.5, 0.6) is 0 Å². The molecule has 0 aliphatic rings. The van der Waals surface area contributed by atoms with Crippen molar-refractivity contribution in [1.29, 1.82) is 0 Å². The van der Waals surface area contributed by atoms with Crippen molar-refractivity contribution >= 4 is 74.3 Å². The first-order valence-electron chi connectivity index (χ1n) is 12.3. The monoisotopic (exact) mass is 779 g/mol. The summed E-state index contributed by atoms with van der Waals surface area (Å²) < 4.78 is 59.5. The van der Waals surface area contributed by atoms with Gasteiger partial charge in [0.05, 0.1) is 22.2 Å². The molecule has 2 aromatic carbocycles. The van der Waals surface area contributed by atoms with Gasteiger partial charge >= 0.3 is 7.75 Å². The van der Waals surface area contributed by atoms with E-state index in [9.17, 15) is 23.8 Å². The van der Waals surface area contributed by atoms with Crippen LogP contribution >= 0.6 is 39.6 Å². The van der Waals surface area contributed by atoms with E-state index in [0.717, 1.165) is 0 Å². The summed E-state index contributed by atoms with van der Waals surface area (Å²) in [6.07, 6.45) is 0. The van der Waals surface area contributed by atoms with Crippen LogP contribution in [0.25, 0.3) is 0 Å². The molecule has 23 heteroatoms.